The Morgan fingerprint density at radius 3 is 2.53 bits per heavy atom. The lowest BCUT2D eigenvalue weighted by Crippen LogP contribution is -2.32. The van der Waals surface area contributed by atoms with Crippen LogP contribution in [0.2, 0.25) is 0 Å². The van der Waals surface area contributed by atoms with Crippen molar-refractivity contribution in [2.24, 2.45) is 0 Å². The van der Waals surface area contributed by atoms with E-state index in [1.807, 2.05) is 30.3 Å². The summed E-state index contributed by atoms with van der Waals surface area (Å²) in [6.07, 6.45) is -1.13. The molecule has 2 heterocycles. The van der Waals surface area contributed by atoms with Crippen LogP contribution in [0.3, 0.4) is 0 Å². The number of rotatable bonds is 3. The van der Waals surface area contributed by atoms with Crippen molar-refractivity contribution in [2.75, 3.05) is 0 Å². The van der Waals surface area contributed by atoms with E-state index in [4.69, 9.17) is 4.98 Å². The molecule has 156 valence electrons. The Morgan fingerprint density at radius 1 is 1.09 bits per heavy atom. The summed E-state index contributed by atoms with van der Waals surface area (Å²) in [5.74, 6) is -0.768. The third-order valence-corrected chi connectivity index (χ3v) is 5.93. The predicted molar refractivity (Wildman–Crippen MR) is 118 cm³/mol. The van der Waals surface area contributed by atoms with Gasteiger partial charge in [0, 0.05) is 22.1 Å². The Balaban J connectivity index is 1.76. The number of carbonyl (C=O) groups is 1. The largest absolute Gasteiger partial charge is 0.369 e. The van der Waals surface area contributed by atoms with Gasteiger partial charge in [-0.3, -0.25) is 4.79 Å². The molecular weight excluding hydrogens is 405 g/mol. The minimum Gasteiger partial charge on any atom is -0.369 e. The summed E-state index contributed by atoms with van der Waals surface area (Å²) in [5, 5.41) is 21.4. The third-order valence-electron chi connectivity index (χ3n) is 5.93. The van der Waals surface area contributed by atoms with Gasteiger partial charge in [-0.05, 0) is 36.8 Å². The second-order valence-corrected chi connectivity index (χ2v) is 7.74. The smallest absolute Gasteiger partial charge is 0.257 e. The van der Waals surface area contributed by atoms with Crippen LogP contribution < -0.4 is 0 Å². The highest BCUT2D eigenvalue weighted by molar-refractivity contribution is 5.99. The highest BCUT2D eigenvalue weighted by Gasteiger charge is 2.40. The molecule has 0 fully saturated rings. The van der Waals surface area contributed by atoms with E-state index < -0.39 is 18.1 Å². The minimum atomic E-state index is -1.13. The summed E-state index contributed by atoms with van der Waals surface area (Å²) in [6, 6.07) is 21.8. The molecular formula is C26H18FN3O2. The minimum absolute atomic E-state index is 0.279. The van der Waals surface area contributed by atoms with Crippen LogP contribution in [0.5, 0.6) is 0 Å². The van der Waals surface area contributed by atoms with Crippen molar-refractivity contribution in [3.05, 3.63) is 101 Å². The number of carbonyl (C=O) groups excluding carboxylic acids is 1. The first-order valence-corrected chi connectivity index (χ1v) is 10.2. The fourth-order valence-corrected chi connectivity index (χ4v) is 4.41. The molecule has 0 radical (unpaired) electrons. The summed E-state index contributed by atoms with van der Waals surface area (Å²) in [5.41, 5.74) is 3.42. The Labute approximate surface area is 184 Å². The maximum atomic E-state index is 14.0. The molecule has 6 heteroatoms. The summed E-state index contributed by atoms with van der Waals surface area (Å²) < 4.78 is 14.0. The van der Waals surface area contributed by atoms with Crippen molar-refractivity contribution in [3.8, 4) is 17.2 Å². The molecule has 2 atom stereocenters. The highest BCUT2D eigenvalue weighted by atomic mass is 19.1. The van der Waals surface area contributed by atoms with E-state index in [-0.39, 0.29) is 11.5 Å². The van der Waals surface area contributed by atoms with Gasteiger partial charge in [0.15, 0.2) is 6.23 Å². The second-order valence-electron chi connectivity index (χ2n) is 7.74. The molecule has 1 amide bonds. The van der Waals surface area contributed by atoms with Crippen LogP contribution in [0.1, 0.15) is 46.4 Å². The number of hydrogen-bond acceptors (Lipinski definition) is 4. The highest BCUT2D eigenvalue weighted by Crippen LogP contribution is 2.42. The average molecular weight is 423 g/mol. The van der Waals surface area contributed by atoms with Crippen molar-refractivity contribution < 1.29 is 14.3 Å². The number of nitrogens with zero attached hydrogens (tertiary/aromatic N) is 3. The first kappa shape index (κ1) is 19.9. The average Bonchev–Trinajstić information content (AvgIpc) is 3.08. The number of halogens is 1. The van der Waals surface area contributed by atoms with Gasteiger partial charge in [0.25, 0.3) is 5.91 Å². The van der Waals surface area contributed by atoms with Crippen molar-refractivity contribution in [1.82, 2.24) is 9.88 Å². The van der Waals surface area contributed by atoms with E-state index in [1.165, 1.54) is 23.1 Å². The SMILES string of the molecule is CC(c1nc2ccc(F)cc2c(C#N)c1-c1ccccc1)N1C(=O)c2ccccc2C1O. The van der Waals surface area contributed by atoms with E-state index in [2.05, 4.69) is 6.07 Å². The zero-order valence-electron chi connectivity index (χ0n) is 17.2. The van der Waals surface area contributed by atoms with E-state index in [0.29, 0.717) is 33.3 Å². The lowest BCUT2D eigenvalue weighted by molar-refractivity contribution is -0.000937. The summed E-state index contributed by atoms with van der Waals surface area (Å²) in [4.78, 5) is 19.3. The molecule has 0 bridgehead atoms. The van der Waals surface area contributed by atoms with Gasteiger partial charge >= 0.3 is 0 Å². The summed E-state index contributed by atoms with van der Waals surface area (Å²) in [7, 11) is 0. The fraction of sp³-hybridized carbons (Fsp3) is 0.115. The number of pyridine rings is 1. The standard InChI is InChI=1S/C26H18FN3O2/c1-15(30-25(31)18-9-5-6-10-19(18)26(30)32)24-23(16-7-3-2-4-8-16)21(14-28)20-13-17(27)11-12-22(20)29-24/h2-13,15,25,31H,1H3. The molecule has 1 aliphatic heterocycles. The Bertz CT molecular complexity index is 1410. The first-order valence-electron chi connectivity index (χ1n) is 10.2. The Hall–Kier alpha value is -4.08. The molecule has 1 N–H and O–H groups in total. The molecule has 2 unspecified atom stereocenters. The fourth-order valence-electron chi connectivity index (χ4n) is 4.41. The number of aliphatic hydroxyl groups is 1. The number of aliphatic hydroxyl groups excluding tert-OH is 1. The van der Waals surface area contributed by atoms with Gasteiger partial charge in [0.05, 0.1) is 22.8 Å². The summed E-state index contributed by atoms with van der Waals surface area (Å²) >= 11 is 0. The number of fused-ring (bicyclic) bond motifs is 2. The van der Waals surface area contributed by atoms with Crippen LogP contribution in [-0.4, -0.2) is 20.9 Å². The van der Waals surface area contributed by atoms with Crippen molar-refractivity contribution in [1.29, 1.82) is 5.26 Å². The maximum Gasteiger partial charge on any atom is 0.257 e. The van der Waals surface area contributed by atoms with Crippen LogP contribution in [0.15, 0.2) is 72.8 Å². The van der Waals surface area contributed by atoms with Gasteiger partial charge in [0.2, 0.25) is 0 Å². The van der Waals surface area contributed by atoms with Gasteiger partial charge in [-0.25, -0.2) is 9.37 Å². The molecule has 0 spiro atoms. The van der Waals surface area contributed by atoms with Gasteiger partial charge in [0.1, 0.15) is 11.9 Å². The van der Waals surface area contributed by atoms with E-state index in [1.54, 1.807) is 31.2 Å². The van der Waals surface area contributed by atoms with Crippen molar-refractivity contribution >= 4 is 16.8 Å². The molecule has 0 saturated heterocycles. The number of amides is 1. The second kappa shape index (κ2) is 7.56. The van der Waals surface area contributed by atoms with Gasteiger partial charge < -0.3 is 10.0 Å². The number of nitriles is 1. The quantitative estimate of drug-likeness (QED) is 0.496. The Kier molecular flexibility index (Phi) is 4.69. The molecule has 0 saturated carbocycles. The lowest BCUT2D eigenvalue weighted by Gasteiger charge is -2.29. The summed E-state index contributed by atoms with van der Waals surface area (Å²) in [6.45, 7) is 1.78. The van der Waals surface area contributed by atoms with Crippen LogP contribution in [0.25, 0.3) is 22.0 Å². The predicted octanol–water partition coefficient (Wildman–Crippen LogP) is 5.12. The maximum absolute atomic E-state index is 14.0. The van der Waals surface area contributed by atoms with Crippen LogP contribution in [0, 0.1) is 17.1 Å². The monoisotopic (exact) mass is 423 g/mol. The molecule has 0 aliphatic carbocycles. The van der Waals surface area contributed by atoms with E-state index >= 15 is 0 Å². The topological polar surface area (TPSA) is 77.2 Å². The van der Waals surface area contributed by atoms with Crippen LogP contribution in [0.4, 0.5) is 4.39 Å². The number of aromatic nitrogens is 1. The van der Waals surface area contributed by atoms with Crippen LogP contribution >= 0.6 is 0 Å². The zero-order valence-corrected chi connectivity index (χ0v) is 17.2. The van der Waals surface area contributed by atoms with Gasteiger partial charge in [-0.2, -0.15) is 5.26 Å². The van der Waals surface area contributed by atoms with Crippen molar-refractivity contribution in [2.45, 2.75) is 19.2 Å². The molecule has 32 heavy (non-hydrogen) atoms. The zero-order chi connectivity index (χ0) is 22.4. The molecule has 4 aromatic rings. The molecule has 1 aliphatic rings. The van der Waals surface area contributed by atoms with Gasteiger partial charge in [-0.1, -0.05) is 48.5 Å². The molecule has 3 aromatic carbocycles. The first-order chi connectivity index (χ1) is 15.5. The number of benzene rings is 3. The normalized spacial score (nSPS) is 16.1. The van der Waals surface area contributed by atoms with Crippen molar-refractivity contribution in [3.63, 3.8) is 0 Å². The molecule has 5 nitrogen and oxygen atoms in total. The van der Waals surface area contributed by atoms with Gasteiger partial charge in [-0.15, -0.1) is 0 Å². The van der Waals surface area contributed by atoms with Crippen LogP contribution in [-0.2, 0) is 0 Å². The molecule has 5 rings (SSSR count). The van der Waals surface area contributed by atoms with E-state index in [0.717, 1.165) is 5.56 Å². The lowest BCUT2D eigenvalue weighted by atomic mass is 9.92. The third kappa shape index (κ3) is 2.95. The van der Waals surface area contributed by atoms with E-state index in [9.17, 15) is 19.6 Å². The number of hydrogen-bond donors (Lipinski definition) is 1. The Morgan fingerprint density at radius 2 is 1.81 bits per heavy atom. The molecule has 1 aromatic heterocycles.